The highest BCUT2D eigenvalue weighted by Gasteiger charge is 2.63. The number of carbonyl (C=O) groups is 3. The topological polar surface area (TPSA) is 126 Å². The monoisotopic (exact) mass is 518 g/mol. The molecule has 2 fully saturated rings. The van der Waals surface area contributed by atoms with E-state index in [9.17, 15) is 24.3 Å². The van der Waals surface area contributed by atoms with E-state index < -0.39 is 33.7 Å². The Kier molecular flexibility index (Phi) is 5.56. The highest BCUT2D eigenvalue weighted by molar-refractivity contribution is 8.02. The van der Waals surface area contributed by atoms with Gasteiger partial charge < -0.3 is 19.6 Å². The summed E-state index contributed by atoms with van der Waals surface area (Å²) in [4.78, 5) is 50.8. The zero-order chi connectivity index (χ0) is 25.7. The third-order valence-corrected chi connectivity index (χ3v) is 8.70. The second kappa shape index (κ2) is 8.81. The molecule has 37 heavy (non-hydrogen) atoms. The van der Waals surface area contributed by atoms with Gasteiger partial charge in [0.25, 0.3) is 5.91 Å². The Morgan fingerprint density at radius 2 is 1.86 bits per heavy atom. The Labute approximate surface area is 215 Å². The van der Waals surface area contributed by atoms with Crippen molar-refractivity contribution < 1.29 is 28.6 Å². The number of amides is 2. The smallest absolute Gasteiger partial charge is 0.352 e. The van der Waals surface area contributed by atoms with Crippen LogP contribution < -0.4 is 15.7 Å². The van der Waals surface area contributed by atoms with Crippen LogP contribution in [0.3, 0.4) is 0 Å². The highest BCUT2D eigenvalue weighted by Crippen LogP contribution is 2.62. The molecule has 3 heterocycles. The van der Waals surface area contributed by atoms with Crippen molar-refractivity contribution >= 4 is 40.5 Å². The Morgan fingerprint density at radius 1 is 1.11 bits per heavy atom. The summed E-state index contributed by atoms with van der Waals surface area (Å²) in [5.74, 6) is -1.52. The van der Waals surface area contributed by atoms with Gasteiger partial charge in [0.05, 0.1) is 6.42 Å². The molecular formula is C27H22N2O7S. The van der Waals surface area contributed by atoms with Crippen molar-refractivity contribution in [3.05, 3.63) is 87.9 Å². The number of thioether (sulfide) groups is 1. The average Bonchev–Trinajstić information content (AvgIpc) is 3.66. The van der Waals surface area contributed by atoms with Crippen molar-refractivity contribution in [2.45, 2.75) is 35.4 Å². The molecule has 1 aromatic heterocycles. The molecule has 1 saturated carbocycles. The van der Waals surface area contributed by atoms with Gasteiger partial charge in [0, 0.05) is 27.8 Å². The molecule has 188 valence electrons. The average molecular weight is 519 g/mol. The second-order valence-electron chi connectivity index (χ2n) is 9.29. The van der Waals surface area contributed by atoms with Crippen LogP contribution in [0.25, 0.3) is 11.0 Å². The Hall–Kier alpha value is -4.05. The predicted octanol–water partition coefficient (Wildman–Crippen LogP) is 2.69. The van der Waals surface area contributed by atoms with Gasteiger partial charge in [-0.05, 0) is 36.6 Å². The summed E-state index contributed by atoms with van der Waals surface area (Å²) in [5.41, 5.74) is 1.18. The van der Waals surface area contributed by atoms with Gasteiger partial charge in [0.15, 0.2) is 0 Å². The number of nitrogens with zero attached hydrogens (tertiary/aromatic N) is 1. The first-order valence-electron chi connectivity index (χ1n) is 11.8. The number of fused-ring (bicyclic) bond motifs is 2. The molecule has 1 saturated heterocycles. The van der Waals surface area contributed by atoms with Gasteiger partial charge >= 0.3 is 11.6 Å². The first-order chi connectivity index (χ1) is 17.8. The Balaban J connectivity index is 1.22. The van der Waals surface area contributed by atoms with Gasteiger partial charge in [-0.1, -0.05) is 30.3 Å². The van der Waals surface area contributed by atoms with E-state index in [-0.39, 0.29) is 24.6 Å². The summed E-state index contributed by atoms with van der Waals surface area (Å²) >= 11 is 1.51. The van der Waals surface area contributed by atoms with Crippen LogP contribution in [0, 0.1) is 0 Å². The zero-order valence-electron chi connectivity index (χ0n) is 19.5. The lowest BCUT2D eigenvalue weighted by Crippen LogP contribution is -2.71. The van der Waals surface area contributed by atoms with Crippen LogP contribution in [0.1, 0.15) is 18.4 Å². The van der Waals surface area contributed by atoms with E-state index in [1.165, 1.54) is 22.7 Å². The molecule has 2 N–H and O–H groups in total. The van der Waals surface area contributed by atoms with E-state index in [1.807, 2.05) is 30.3 Å². The standard InChI is InChI=1S/C27H22N2O7S/c30-20(12-15-4-2-1-3-5-15)28-22-24(32)29-23(26(33)34)18(27(10-11-27)37-25(22)29)14-35-17-8-6-16-7-9-21(31)36-19(16)13-17/h1-9,13,22,25H,10-12,14H2,(H,28,30)(H,33,34). The molecule has 0 radical (unpaired) electrons. The van der Waals surface area contributed by atoms with Crippen LogP contribution in [0.5, 0.6) is 5.75 Å². The van der Waals surface area contributed by atoms with Crippen LogP contribution in [-0.2, 0) is 20.8 Å². The minimum Gasteiger partial charge on any atom is -0.489 e. The molecule has 1 aliphatic carbocycles. The summed E-state index contributed by atoms with van der Waals surface area (Å²) in [6, 6.07) is 16.5. The van der Waals surface area contributed by atoms with Crippen molar-refractivity contribution in [2.75, 3.05) is 6.61 Å². The van der Waals surface area contributed by atoms with Crippen molar-refractivity contribution in [1.82, 2.24) is 10.2 Å². The van der Waals surface area contributed by atoms with Crippen molar-refractivity contribution in [2.24, 2.45) is 0 Å². The lowest BCUT2D eigenvalue weighted by atomic mass is 9.99. The molecule has 2 atom stereocenters. The molecule has 2 unspecified atom stereocenters. The molecule has 3 aromatic rings. The zero-order valence-corrected chi connectivity index (χ0v) is 20.3. The molecule has 9 nitrogen and oxygen atoms in total. The third-order valence-electron chi connectivity index (χ3n) is 6.87. The molecular weight excluding hydrogens is 496 g/mol. The fraction of sp³-hybridized carbons (Fsp3) is 0.259. The molecule has 3 aliphatic rings. The maximum absolute atomic E-state index is 13.0. The highest BCUT2D eigenvalue weighted by atomic mass is 32.2. The van der Waals surface area contributed by atoms with Crippen molar-refractivity contribution in [3.63, 3.8) is 0 Å². The second-order valence-corrected chi connectivity index (χ2v) is 10.8. The van der Waals surface area contributed by atoms with Gasteiger partial charge in [-0.3, -0.25) is 14.5 Å². The fourth-order valence-corrected chi connectivity index (χ4v) is 6.61. The summed E-state index contributed by atoms with van der Waals surface area (Å²) in [6.45, 7) is -0.0290. The number of ether oxygens (including phenoxy) is 1. The minimum absolute atomic E-state index is 0.0290. The van der Waals surface area contributed by atoms with Crippen molar-refractivity contribution in [1.29, 1.82) is 0 Å². The number of carbonyl (C=O) groups excluding carboxylic acids is 2. The summed E-state index contributed by atoms with van der Waals surface area (Å²) in [6.07, 6.45) is 1.64. The predicted molar refractivity (Wildman–Crippen MR) is 135 cm³/mol. The largest absolute Gasteiger partial charge is 0.489 e. The van der Waals surface area contributed by atoms with Gasteiger partial charge in [-0.15, -0.1) is 11.8 Å². The number of aliphatic carboxylic acids is 1. The molecule has 1 spiro atoms. The summed E-state index contributed by atoms with van der Waals surface area (Å²) in [5, 5.41) is 13.1. The van der Waals surface area contributed by atoms with E-state index in [0.29, 0.717) is 16.9 Å². The third kappa shape index (κ3) is 4.17. The summed E-state index contributed by atoms with van der Waals surface area (Å²) < 4.78 is 10.7. The van der Waals surface area contributed by atoms with E-state index >= 15 is 0 Å². The molecule has 2 amide bonds. The first kappa shape index (κ1) is 23.4. The lowest BCUT2D eigenvalue weighted by Gasteiger charge is -2.51. The molecule has 2 aromatic carbocycles. The van der Waals surface area contributed by atoms with Crippen LogP contribution in [-0.4, -0.2) is 50.6 Å². The summed E-state index contributed by atoms with van der Waals surface area (Å²) in [7, 11) is 0. The lowest BCUT2D eigenvalue weighted by molar-refractivity contribution is -0.150. The number of benzene rings is 2. The van der Waals surface area contributed by atoms with Gasteiger partial charge in [-0.25, -0.2) is 9.59 Å². The maximum atomic E-state index is 13.0. The molecule has 2 aliphatic heterocycles. The number of nitrogens with one attached hydrogen (secondary N) is 1. The number of β-lactam (4-membered cyclic amide) rings is 1. The van der Waals surface area contributed by atoms with Crippen LogP contribution in [0.15, 0.2) is 81.1 Å². The molecule has 10 heteroatoms. The quantitative estimate of drug-likeness (QED) is 0.361. The number of hydrogen-bond donors (Lipinski definition) is 2. The van der Waals surface area contributed by atoms with E-state index in [2.05, 4.69) is 5.32 Å². The van der Waals surface area contributed by atoms with E-state index in [4.69, 9.17) is 9.15 Å². The van der Waals surface area contributed by atoms with Crippen LogP contribution in [0.2, 0.25) is 0 Å². The van der Waals surface area contributed by atoms with E-state index in [1.54, 1.807) is 24.3 Å². The van der Waals surface area contributed by atoms with Gasteiger partial charge in [-0.2, -0.15) is 0 Å². The first-order valence-corrected chi connectivity index (χ1v) is 12.7. The fourth-order valence-electron chi connectivity index (χ4n) is 4.88. The SMILES string of the molecule is O=C(Cc1ccccc1)NC1C(=O)N2C(C(=O)O)=C(COc3ccc4ccc(=O)oc4c3)C3(CC3)SC12. The normalized spacial score (nSPS) is 21.4. The Bertz CT molecular complexity index is 1530. The van der Waals surface area contributed by atoms with Gasteiger partial charge in [0.2, 0.25) is 5.91 Å². The van der Waals surface area contributed by atoms with Crippen molar-refractivity contribution in [3.8, 4) is 5.75 Å². The molecule has 0 bridgehead atoms. The molecule has 6 rings (SSSR count). The maximum Gasteiger partial charge on any atom is 0.352 e. The van der Waals surface area contributed by atoms with Crippen LogP contribution in [0.4, 0.5) is 0 Å². The number of hydrogen-bond acceptors (Lipinski definition) is 7. The van der Waals surface area contributed by atoms with E-state index in [0.717, 1.165) is 23.8 Å². The van der Waals surface area contributed by atoms with Gasteiger partial charge in [0.1, 0.15) is 35.1 Å². The number of carboxylic acids is 1. The number of carboxylic acid groups (broad SMARTS) is 1. The Morgan fingerprint density at radius 3 is 2.59 bits per heavy atom. The minimum atomic E-state index is -1.21. The number of rotatable bonds is 7. The van der Waals surface area contributed by atoms with Crippen LogP contribution >= 0.6 is 11.8 Å².